The van der Waals surface area contributed by atoms with Crippen LogP contribution < -0.4 is 4.90 Å². The second-order valence-electron chi connectivity index (χ2n) is 4.25. The van der Waals surface area contributed by atoms with Gasteiger partial charge < -0.3 is 10.0 Å². The number of phenolic OH excluding ortho intramolecular Hbond substituents is 1. The van der Waals surface area contributed by atoms with Gasteiger partial charge in [0.25, 0.3) is 0 Å². The van der Waals surface area contributed by atoms with Crippen LogP contribution in [0.5, 0.6) is 5.75 Å². The van der Waals surface area contributed by atoms with Gasteiger partial charge in [0, 0.05) is 29.4 Å². The number of halogens is 2. The zero-order valence-electron chi connectivity index (χ0n) is 10.6. The SMILES string of the molecule is CCN(Cc1cc(Cl)cc(Cl)c1O)c1ccccc1. The third-order valence-corrected chi connectivity index (χ3v) is 3.48. The van der Waals surface area contributed by atoms with Crippen molar-refractivity contribution in [2.45, 2.75) is 13.5 Å². The molecule has 0 radical (unpaired) electrons. The van der Waals surface area contributed by atoms with Gasteiger partial charge in [0.1, 0.15) is 5.75 Å². The summed E-state index contributed by atoms with van der Waals surface area (Å²) in [5.41, 5.74) is 1.82. The predicted octanol–water partition coefficient (Wildman–Crippen LogP) is 4.73. The Bertz CT molecular complexity index is 558. The van der Waals surface area contributed by atoms with Crippen LogP contribution in [0.4, 0.5) is 5.69 Å². The van der Waals surface area contributed by atoms with E-state index in [0.717, 1.165) is 17.8 Å². The first-order valence-corrected chi connectivity index (χ1v) is 6.84. The van der Waals surface area contributed by atoms with E-state index in [1.54, 1.807) is 12.1 Å². The predicted molar refractivity (Wildman–Crippen MR) is 81.3 cm³/mol. The fourth-order valence-corrected chi connectivity index (χ4v) is 2.51. The molecule has 0 unspecified atom stereocenters. The summed E-state index contributed by atoms with van der Waals surface area (Å²) in [6, 6.07) is 13.3. The largest absolute Gasteiger partial charge is 0.506 e. The van der Waals surface area contributed by atoms with E-state index in [2.05, 4.69) is 11.8 Å². The van der Waals surface area contributed by atoms with Crippen LogP contribution in [0.25, 0.3) is 0 Å². The molecule has 0 bridgehead atoms. The Morgan fingerprint density at radius 1 is 1.11 bits per heavy atom. The molecule has 0 atom stereocenters. The number of anilines is 1. The maximum absolute atomic E-state index is 10.00. The number of aromatic hydroxyl groups is 1. The molecular weight excluding hydrogens is 281 g/mol. The number of hydrogen-bond acceptors (Lipinski definition) is 2. The van der Waals surface area contributed by atoms with Gasteiger partial charge >= 0.3 is 0 Å². The van der Waals surface area contributed by atoms with Crippen LogP contribution in [0.3, 0.4) is 0 Å². The summed E-state index contributed by atoms with van der Waals surface area (Å²) in [6.45, 7) is 3.45. The van der Waals surface area contributed by atoms with Crippen LogP contribution in [-0.4, -0.2) is 11.7 Å². The normalized spacial score (nSPS) is 10.5. The zero-order valence-corrected chi connectivity index (χ0v) is 12.1. The molecule has 1 N–H and O–H groups in total. The summed E-state index contributed by atoms with van der Waals surface area (Å²) < 4.78 is 0. The summed E-state index contributed by atoms with van der Waals surface area (Å²) in [7, 11) is 0. The van der Waals surface area contributed by atoms with Gasteiger partial charge in [0.05, 0.1) is 5.02 Å². The lowest BCUT2D eigenvalue weighted by atomic mass is 10.1. The van der Waals surface area contributed by atoms with Gasteiger partial charge in [-0.1, -0.05) is 41.4 Å². The highest BCUT2D eigenvalue weighted by Gasteiger charge is 2.12. The Balaban J connectivity index is 2.29. The Morgan fingerprint density at radius 2 is 1.79 bits per heavy atom. The average molecular weight is 296 g/mol. The molecule has 0 saturated carbocycles. The first-order chi connectivity index (χ1) is 9.11. The van der Waals surface area contributed by atoms with E-state index in [4.69, 9.17) is 23.2 Å². The molecule has 0 aliphatic heterocycles. The van der Waals surface area contributed by atoms with Crippen molar-refractivity contribution in [1.82, 2.24) is 0 Å². The Morgan fingerprint density at radius 3 is 2.42 bits per heavy atom. The van der Waals surface area contributed by atoms with Crippen LogP contribution in [0, 0.1) is 0 Å². The zero-order chi connectivity index (χ0) is 13.8. The lowest BCUT2D eigenvalue weighted by Crippen LogP contribution is -2.21. The molecule has 2 aromatic rings. The van der Waals surface area contributed by atoms with Crippen LogP contribution in [0.1, 0.15) is 12.5 Å². The highest BCUT2D eigenvalue weighted by Crippen LogP contribution is 2.32. The first kappa shape index (κ1) is 14.0. The molecule has 2 aromatic carbocycles. The van der Waals surface area contributed by atoms with Crippen molar-refractivity contribution < 1.29 is 5.11 Å². The highest BCUT2D eigenvalue weighted by atomic mass is 35.5. The van der Waals surface area contributed by atoms with E-state index >= 15 is 0 Å². The summed E-state index contributed by atoms with van der Waals surface area (Å²) in [4.78, 5) is 2.14. The fourth-order valence-electron chi connectivity index (χ4n) is 1.97. The second kappa shape index (κ2) is 6.18. The molecule has 0 saturated heterocycles. The van der Waals surface area contributed by atoms with Crippen molar-refractivity contribution >= 4 is 28.9 Å². The van der Waals surface area contributed by atoms with E-state index in [-0.39, 0.29) is 10.8 Å². The molecule has 0 amide bonds. The molecule has 0 aromatic heterocycles. The van der Waals surface area contributed by atoms with Gasteiger partial charge in [-0.2, -0.15) is 0 Å². The van der Waals surface area contributed by atoms with Crippen LogP contribution in [0.15, 0.2) is 42.5 Å². The molecule has 0 spiro atoms. The molecular formula is C15H15Cl2NO. The summed E-state index contributed by atoms with van der Waals surface area (Å²) in [6.07, 6.45) is 0. The Labute approximate surface area is 123 Å². The van der Waals surface area contributed by atoms with E-state index in [0.29, 0.717) is 11.6 Å². The maximum Gasteiger partial charge on any atom is 0.139 e. The van der Waals surface area contributed by atoms with Crippen molar-refractivity contribution in [3.05, 3.63) is 58.1 Å². The number of phenols is 1. The van der Waals surface area contributed by atoms with Crippen LogP contribution in [0.2, 0.25) is 10.0 Å². The maximum atomic E-state index is 10.00. The minimum absolute atomic E-state index is 0.0976. The lowest BCUT2D eigenvalue weighted by molar-refractivity contribution is 0.467. The van der Waals surface area contributed by atoms with Crippen molar-refractivity contribution in [2.24, 2.45) is 0 Å². The second-order valence-corrected chi connectivity index (χ2v) is 5.09. The Kier molecular flexibility index (Phi) is 4.56. The molecule has 2 nitrogen and oxygen atoms in total. The minimum Gasteiger partial charge on any atom is -0.506 e. The molecule has 19 heavy (non-hydrogen) atoms. The van der Waals surface area contributed by atoms with Crippen molar-refractivity contribution in [1.29, 1.82) is 0 Å². The van der Waals surface area contributed by atoms with E-state index in [1.165, 1.54) is 0 Å². The molecule has 100 valence electrons. The lowest BCUT2D eigenvalue weighted by Gasteiger charge is -2.24. The summed E-state index contributed by atoms with van der Waals surface area (Å²) >= 11 is 11.9. The smallest absolute Gasteiger partial charge is 0.139 e. The molecule has 0 aliphatic rings. The number of nitrogens with zero attached hydrogens (tertiary/aromatic N) is 1. The van der Waals surface area contributed by atoms with Gasteiger partial charge in [-0.05, 0) is 31.2 Å². The van der Waals surface area contributed by atoms with Crippen molar-refractivity contribution in [2.75, 3.05) is 11.4 Å². The van der Waals surface area contributed by atoms with Crippen LogP contribution in [-0.2, 0) is 6.54 Å². The summed E-state index contributed by atoms with van der Waals surface area (Å²) in [5, 5.41) is 10.8. The first-order valence-electron chi connectivity index (χ1n) is 6.08. The van der Waals surface area contributed by atoms with Gasteiger partial charge in [-0.3, -0.25) is 0 Å². The Hall–Kier alpha value is -1.38. The molecule has 0 heterocycles. The van der Waals surface area contributed by atoms with Crippen LogP contribution >= 0.6 is 23.2 Å². The number of benzene rings is 2. The van der Waals surface area contributed by atoms with Gasteiger partial charge in [0.2, 0.25) is 0 Å². The third-order valence-electron chi connectivity index (χ3n) is 2.97. The standard InChI is InChI=1S/C15H15Cl2NO/c1-2-18(13-6-4-3-5-7-13)10-11-8-12(16)9-14(17)15(11)19/h3-9,19H,2,10H2,1H3. The third kappa shape index (κ3) is 3.34. The van der Waals surface area contributed by atoms with E-state index in [1.807, 2.05) is 30.3 Å². The topological polar surface area (TPSA) is 23.5 Å². The number of para-hydroxylation sites is 1. The monoisotopic (exact) mass is 295 g/mol. The molecule has 0 fully saturated rings. The van der Waals surface area contributed by atoms with E-state index < -0.39 is 0 Å². The van der Waals surface area contributed by atoms with Crippen molar-refractivity contribution in [3.63, 3.8) is 0 Å². The quantitative estimate of drug-likeness (QED) is 0.882. The molecule has 0 aliphatic carbocycles. The minimum atomic E-state index is 0.0976. The van der Waals surface area contributed by atoms with Gasteiger partial charge in [-0.25, -0.2) is 0 Å². The van der Waals surface area contributed by atoms with Gasteiger partial charge in [0.15, 0.2) is 0 Å². The number of rotatable bonds is 4. The van der Waals surface area contributed by atoms with Crippen molar-refractivity contribution in [3.8, 4) is 5.75 Å². The summed E-state index contributed by atoms with van der Waals surface area (Å²) in [5.74, 6) is 0.0976. The average Bonchev–Trinajstić information content (AvgIpc) is 2.42. The molecule has 4 heteroatoms. The molecule has 2 rings (SSSR count). The van der Waals surface area contributed by atoms with E-state index in [9.17, 15) is 5.11 Å². The van der Waals surface area contributed by atoms with Gasteiger partial charge in [-0.15, -0.1) is 0 Å². The number of hydrogen-bond donors (Lipinski definition) is 1. The highest BCUT2D eigenvalue weighted by molar-refractivity contribution is 6.35. The fraction of sp³-hybridized carbons (Fsp3) is 0.200.